The predicted molar refractivity (Wildman–Crippen MR) is 123 cm³/mol. The number of aromatic carboxylic acids is 1. The molecule has 1 N–H and O–H groups in total. The number of carboxylic acid groups (broad SMARTS) is 1. The second-order valence-electron chi connectivity index (χ2n) is 7.81. The van der Waals surface area contributed by atoms with Crippen molar-refractivity contribution in [1.82, 2.24) is 9.55 Å². The molecule has 0 radical (unpaired) electrons. The summed E-state index contributed by atoms with van der Waals surface area (Å²) in [7, 11) is 0. The molecule has 5 nitrogen and oxygen atoms in total. The fourth-order valence-corrected chi connectivity index (χ4v) is 3.98. The zero-order valence-corrected chi connectivity index (χ0v) is 18.3. The summed E-state index contributed by atoms with van der Waals surface area (Å²) in [5, 5.41) is 9.35. The van der Waals surface area contributed by atoms with Crippen LogP contribution in [-0.2, 0) is 6.54 Å². The average molecular weight is 415 g/mol. The quantitative estimate of drug-likeness (QED) is 0.435. The molecule has 1 heterocycles. The molecule has 0 bridgehead atoms. The summed E-state index contributed by atoms with van der Waals surface area (Å²) < 4.78 is 7.83. The molecule has 0 unspecified atom stereocenters. The molecule has 0 saturated heterocycles. The van der Waals surface area contributed by atoms with Crippen LogP contribution in [0.3, 0.4) is 0 Å². The van der Waals surface area contributed by atoms with Gasteiger partial charge in [0.05, 0.1) is 23.2 Å². The van der Waals surface area contributed by atoms with Crippen LogP contribution >= 0.6 is 0 Å². The summed E-state index contributed by atoms with van der Waals surface area (Å²) in [6, 6.07) is 17.4. The monoisotopic (exact) mass is 414 g/mol. The van der Waals surface area contributed by atoms with Gasteiger partial charge in [-0.15, -0.1) is 0 Å². The van der Waals surface area contributed by atoms with Gasteiger partial charge in [-0.3, -0.25) is 0 Å². The van der Waals surface area contributed by atoms with E-state index < -0.39 is 5.97 Å². The lowest BCUT2D eigenvalue weighted by atomic mass is 10.00. The van der Waals surface area contributed by atoms with Gasteiger partial charge in [-0.2, -0.15) is 0 Å². The van der Waals surface area contributed by atoms with E-state index in [0.717, 1.165) is 39.3 Å². The van der Waals surface area contributed by atoms with Gasteiger partial charge in [-0.1, -0.05) is 18.2 Å². The number of nitrogens with zero attached hydrogens (tertiary/aromatic N) is 2. The molecule has 0 atom stereocenters. The van der Waals surface area contributed by atoms with Gasteiger partial charge in [0.2, 0.25) is 0 Å². The molecule has 3 aromatic carbocycles. The molecule has 5 heteroatoms. The standard InChI is InChI=1S/C26H26N2O3/c1-5-31-23-10-9-21(16(2)12-23)15-28-18(4)27-25-17(3)11-22(14-24(25)28)19-7-6-8-20(13-19)26(29)30/h6-14H,5,15H2,1-4H3,(H,29,30). The predicted octanol–water partition coefficient (Wildman–Crippen LogP) is 5.77. The maximum atomic E-state index is 11.4. The third-order valence-corrected chi connectivity index (χ3v) is 5.63. The van der Waals surface area contributed by atoms with Crippen molar-refractivity contribution in [3.05, 3.63) is 82.7 Å². The van der Waals surface area contributed by atoms with Crippen LogP contribution in [0.25, 0.3) is 22.2 Å². The molecule has 4 rings (SSSR count). The molecule has 4 aromatic rings. The van der Waals surface area contributed by atoms with Crippen LogP contribution in [0.15, 0.2) is 54.6 Å². The molecule has 0 fully saturated rings. The first kappa shape index (κ1) is 20.7. The maximum Gasteiger partial charge on any atom is 0.335 e. The van der Waals surface area contributed by atoms with E-state index in [1.807, 2.05) is 32.9 Å². The molecule has 1 aromatic heterocycles. The van der Waals surface area contributed by atoms with Crippen LogP contribution < -0.4 is 4.74 Å². The van der Waals surface area contributed by atoms with Gasteiger partial charge >= 0.3 is 5.97 Å². The highest BCUT2D eigenvalue weighted by atomic mass is 16.5. The van der Waals surface area contributed by atoms with Gasteiger partial charge in [0.15, 0.2) is 0 Å². The molecular formula is C26H26N2O3. The van der Waals surface area contributed by atoms with Crippen molar-refractivity contribution in [2.75, 3.05) is 6.61 Å². The lowest BCUT2D eigenvalue weighted by Crippen LogP contribution is -2.04. The number of hydrogen-bond acceptors (Lipinski definition) is 3. The van der Waals surface area contributed by atoms with Crippen molar-refractivity contribution in [2.45, 2.75) is 34.2 Å². The minimum atomic E-state index is -0.925. The summed E-state index contributed by atoms with van der Waals surface area (Å²) in [4.78, 5) is 16.2. The Kier molecular flexibility index (Phi) is 5.51. The topological polar surface area (TPSA) is 64.4 Å². The molecular weight excluding hydrogens is 388 g/mol. The van der Waals surface area contributed by atoms with Crippen molar-refractivity contribution in [2.24, 2.45) is 0 Å². The highest BCUT2D eigenvalue weighted by Crippen LogP contribution is 2.30. The van der Waals surface area contributed by atoms with Crippen molar-refractivity contribution in [3.63, 3.8) is 0 Å². The van der Waals surface area contributed by atoms with E-state index in [4.69, 9.17) is 9.72 Å². The Labute approximate surface area is 181 Å². The summed E-state index contributed by atoms with van der Waals surface area (Å²) in [5.41, 5.74) is 7.62. The summed E-state index contributed by atoms with van der Waals surface area (Å²) >= 11 is 0. The first-order valence-corrected chi connectivity index (χ1v) is 10.4. The Morgan fingerprint density at radius 2 is 1.81 bits per heavy atom. The first-order chi connectivity index (χ1) is 14.9. The summed E-state index contributed by atoms with van der Waals surface area (Å²) in [6.07, 6.45) is 0. The summed E-state index contributed by atoms with van der Waals surface area (Å²) in [5.74, 6) is 0.904. The number of aromatic nitrogens is 2. The van der Waals surface area contributed by atoms with E-state index >= 15 is 0 Å². The summed E-state index contributed by atoms with van der Waals surface area (Å²) in [6.45, 7) is 9.50. The van der Waals surface area contributed by atoms with Crippen LogP contribution in [0.2, 0.25) is 0 Å². The molecule has 0 saturated carbocycles. The fourth-order valence-electron chi connectivity index (χ4n) is 3.98. The van der Waals surface area contributed by atoms with E-state index in [-0.39, 0.29) is 5.56 Å². The van der Waals surface area contributed by atoms with Crippen LogP contribution in [0, 0.1) is 20.8 Å². The van der Waals surface area contributed by atoms with E-state index in [2.05, 4.69) is 35.8 Å². The number of carboxylic acids is 1. The van der Waals surface area contributed by atoms with Gasteiger partial charge < -0.3 is 14.4 Å². The number of hydrogen-bond donors (Lipinski definition) is 1. The smallest absolute Gasteiger partial charge is 0.335 e. The van der Waals surface area contributed by atoms with Crippen LogP contribution in [0.5, 0.6) is 5.75 Å². The molecule has 0 spiro atoms. The van der Waals surface area contributed by atoms with Crippen LogP contribution in [-0.4, -0.2) is 27.2 Å². The Bertz CT molecular complexity index is 1290. The third kappa shape index (κ3) is 4.04. The number of imidazole rings is 1. The zero-order chi connectivity index (χ0) is 22.1. The van der Waals surface area contributed by atoms with Crippen molar-refractivity contribution in [3.8, 4) is 16.9 Å². The van der Waals surface area contributed by atoms with E-state index in [9.17, 15) is 9.90 Å². The molecule has 0 aliphatic heterocycles. The van der Waals surface area contributed by atoms with Crippen molar-refractivity contribution < 1.29 is 14.6 Å². The number of carbonyl (C=O) groups is 1. The minimum absolute atomic E-state index is 0.282. The Morgan fingerprint density at radius 3 is 2.52 bits per heavy atom. The fraction of sp³-hybridized carbons (Fsp3) is 0.231. The van der Waals surface area contributed by atoms with Gasteiger partial charge in [-0.05, 0) is 91.9 Å². The SMILES string of the molecule is CCOc1ccc(Cn2c(C)nc3c(C)cc(-c4cccc(C(=O)O)c4)cc32)c(C)c1. The lowest BCUT2D eigenvalue weighted by Gasteiger charge is -2.13. The van der Waals surface area contributed by atoms with Gasteiger partial charge in [0.1, 0.15) is 11.6 Å². The average Bonchev–Trinajstić information content (AvgIpc) is 3.06. The Balaban J connectivity index is 1.79. The third-order valence-electron chi connectivity index (χ3n) is 5.63. The van der Waals surface area contributed by atoms with Crippen LogP contribution in [0.1, 0.15) is 39.8 Å². The molecule has 0 aliphatic carbocycles. The minimum Gasteiger partial charge on any atom is -0.494 e. The van der Waals surface area contributed by atoms with Gasteiger partial charge in [0.25, 0.3) is 0 Å². The van der Waals surface area contributed by atoms with Crippen molar-refractivity contribution in [1.29, 1.82) is 0 Å². The zero-order valence-electron chi connectivity index (χ0n) is 18.3. The first-order valence-electron chi connectivity index (χ1n) is 10.4. The highest BCUT2D eigenvalue weighted by Gasteiger charge is 2.14. The molecule has 31 heavy (non-hydrogen) atoms. The number of rotatable bonds is 6. The molecule has 158 valence electrons. The van der Waals surface area contributed by atoms with E-state index in [1.165, 1.54) is 11.1 Å². The van der Waals surface area contributed by atoms with Crippen LogP contribution in [0.4, 0.5) is 0 Å². The largest absolute Gasteiger partial charge is 0.494 e. The van der Waals surface area contributed by atoms with E-state index in [1.54, 1.807) is 18.2 Å². The number of benzene rings is 3. The second kappa shape index (κ2) is 8.26. The maximum absolute atomic E-state index is 11.4. The van der Waals surface area contributed by atoms with E-state index in [0.29, 0.717) is 13.2 Å². The Morgan fingerprint density at radius 1 is 1.00 bits per heavy atom. The molecule has 0 amide bonds. The Hall–Kier alpha value is -3.60. The normalized spacial score (nSPS) is 11.1. The number of aryl methyl sites for hydroxylation is 3. The number of ether oxygens (including phenoxy) is 1. The van der Waals surface area contributed by atoms with Crippen molar-refractivity contribution >= 4 is 17.0 Å². The lowest BCUT2D eigenvalue weighted by molar-refractivity contribution is 0.0697. The highest BCUT2D eigenvalue weighted by molar-refractivity contribution is 5.91. The molecule has 0 aliphatic rings. The van der Waals surface area contributed by atoms with Gasteiger partial charge in [-0.25, -0.2) is 9.78 Å². The number of fused-ring (bicyclic) bond motifs is 1. The van der Waals surface area contributed by atoms with Gasteiger partial charge in [0, 0.05) is 6.54 Å². The second-order valence-corrected chi connectivity index (χ2v) is 7.81.